The van der Waals surface area contributed by atoms with Crippen molar-refractivity contribution in [3.63, 3.8) is 0 Å². The molecule has 3 nitrogen and oxygen atoms in total. The van der Waals surface area contributed by atoms with E-state index in [1.54, 1.807) is 11.3 Å². The van der Waals surface area contributed by atoms with Gasteiger partial charge in [-0.2, -0.15) is 11.8 Å². The van der Waals surface area contributed by atoms with Crippen molar-refractivity contribution in [2.45, 2.75) is 26.2 Å². The number of anilines is 1. The van der Waals surface area contributed by atoms with Crippen LogP contribution in [0.1, 0.15) is 25.8 Å². The first-order chi connectivity index (χ1) is 6.54. The van der Waals surface area contributed by atoms with Gasteiger partial charge in [0.15, 0.2) is 0 Å². The first kappa shape index (κ1) is 11.8. The van der Waals surface area contributed by atoms with Crippen LogP contribution in [0.2, 0.25) is 0 Å². The summed E-state index contributed by atoms with van der Waals surface area (Å²) in [6.07, 6.45) is 2.10. The molecule has 0 spiro atoms. The molecule has 80 valence electrons. The summed E-state index contributed by atoms with van der Waals surface area (Å²) in [4.78, 5) is 0. The fourth-order valence-electron chi connectivity index (χ4n) is 0.858. The van der Waals surface area contributed by atoms with E-state index < -0.39 is 0 Å². The molecule has 0 aromatic carbocycles. The van der Waals surface area contributed by atoms with Crippen molar-refractivity contribution in [1.29, 1.82) is 0 Å². The van der Waals surface area contributed by atoms with Gasteiger partial charge in [-0.05, 0) is 6.26 Å². The minimum atomic E-state index is 0.108. The molecule has 0 unspecified atom stereocenters. The molecule has 0 aliphatic rings. The number of nitrogens with zero attached hydrogens (tertiary/aromatic N) is 2. The highest BCUT2D eigenvalue weighted by molar-refractivity contribution is 7.98. The molecule has 5 heteroatoms. The lowest BCUT2D eigenvalue weighted by atomic mass is 9.98. The van der Waals surface area contributed by atoms with Crippen molar-refractivity contribution in [2.75, 3.05) is 23.9 Å². The number of aromatic nitrogens is 2. The Balaban J connectivity index is 2.51. The highest BCUT2D eigenvalue weighted by Crippen LogP contribution is 2.27. The molecule has 14 heavy (non-hydrogen) atoms. The van der Waals surface area contributed by atoms with Gasteiger partial charge in [-0.1, -0.05) is 32.1 Å². The van der Waals surface area contributed by atoms with Crippen molar-refractivity contribution in [3.8, 4) is 0 Å². The SMILES string of the molecule is CSCCNc1nnc(C(C)(C)C)s1. The highest BCUT2D eigenvalue weighted by atomic mass is 32.2. The van der Waals surface area contributed by atoms with Crippen LogP contribution < -0.4 is 5.32 Å². The van der Waals surface area contributed by atoms with Crippen LogP contribution in [0.5, 0.6) is 0 Å². The standard InChI is InChI=1S/C9H17N3S2/c1-9(2,3)7-11-12-8(14-7)10-5-6-13-4/h5-6H2,1-4H3,(H,10,12). The van der Waals surface area contributed by atoms with Crippen molar-refractivity contribution < 1.29 is 0 Å². The van der Waals surface area contributed by atoms with Gasteiger partial charge >= 0.3 is 0 Å². The minimum absolute atomic E-state index is 0.108. The quantitative estimate of drug-likeness (QED) is 0.808. The summed E-state index contributed by atoms with van der Waals surface area (Å²) in [5.74, 6) is 1.10. The van der Waals surface area contributed by atoms with E-state index in [1.807, 2.05) is 11.8 Å². The van der Waals surface area contributed by atoms with E-state index in [-0.39, 0.29) is 5.41 Å². The summed E-state index contributed by atoms with van der Waals surface area (Å²) in [5.41, 5.74) is 0.108. The van der Waals surface area contributed by atoms with Gasteiger partial charge in [0.2, 0.25) is 5.13 Å². The molecule has 0 aliphatic heterocycles. The Labute approximate surface area is 93.7 Å². The molecule has 1 rings (SSSR count). The molecule has 1 heterocycles. The molecule has 0 fully saturated rings. The summed E-state index contributed by atoms with van der Waals surface area (Å²) in [6.45, 7) is 7.41. The van der Waals surface area contributed by atoms with Crippen molar-refractivity contribution in [1.82, 2.24) is 10.2 Å². The third kappa shape index (κ3) is 3.46. The van der Waals surface area contributed by atoms with Crippen LogP contribution in [0.3, 0.4) is 0 Å². The Bertz CT molecular complexity index is 278. The molecule has 1 aromatic rings. The molecule has 1 aromatic heterocycles. The van der Waals surface area contributed by atoms with E-state index in [1.165, 1.54) is 0 Å². The lowest BCUT2D eigenvalue weighted by molar-refractivity contribution is 0.578. The van der Waals surface area contributed by atoms with Crippen LogP contribution in [0, 0.1) is 0 Å². The topological polar surface area (TPSA) is 37.8 Å². The van der Waals surface area contributed by atoms with Gasteiger partial charge in [0.25, 0.3) is 0 Å². The minimum Gasteiger partial charge on any atom is -0.359 e. The molecule has 1 N–H and O–H groups in total. The van der Waals surface area contributed by atoms with E-state index in [0.717, 1.165) is 22.4 Å². The number of rotatable bonds is 4. The van der Waals surface area contributed by atoms with Gasteiger partial charge in [-0.3, -0.25) is 0 Å². The largest absolute Gasteiger partial charge is 0.359 e. The summed E-state index contributed by atoms with van der Waals surface area (Å²) in [6, 6.07) is 0. The Kier molecular flexibility index (Phi) is 4.19. The number of hydrogen-bond donors (Lipinski definition) is 1. The van der Waals surface area contributed by atoms with Gasteiger partial charge < -0.3 is 5.32 Å². The molecule has 0 amide bonds. The predicted molar refractivity (Wildman–Crippen MR) is 65.5 cm³/mol. The third-order valence-electron chi connectivity index (χ3n) is 1.65. The Morgan fingerprint density at radius 2 is 2.07 bits per heavy atom. The summed E-state index contributed by atoms with van der Waals surface area (Å²) in [5, 5.41) is 13.6. The summed E-state index contributed by atoms with van der Waals surface area (Å²) < 4.78 is 0. The van der Waals surface area contributed by atoms with Crippen molar-refractivity contribution in [3.05, 3.63) is 5.01 Å². The number of thioether (sulfide) groups is 1. The Morgan fingerprint density at radius 3 is 2.57 bits per heavy atom. The summed E-state index contributed by atoms with van der Waals surface area (Å²) >= 11 is 3.47. The summed E-state index contributed by atoms with van der Waals surface area (Å²) in [7, 11) is 0. The lowest BCUT2D eigenvalue weighted by Gasteiger charge is -2.12. The second kappa shape index (κ2) is 4.98. The van der Waals surface area contributed by atoms with E-state index in [4.69, 9.17) is 0 Å². The second-order valence-corrected chi connectivity index (χ2v) is 6.05. The van der Waals surface area contributed by atoms with Crippen LogP contribution in [0.25, 0.3) is 0 Å². The van der Waals surface area contributed by atoms with Crippen LogP contribution in [0.15, 0.2) is 0 Å². The predicted octanol–water partition coefficient (Wildman–Crippen LogP) is 2.61. The maximum absolute atomic E-state index is 4.17. The third-order valence-corrected chi connectivity index (χ3v) is 3.57. The van der Waals surface area contributed by atoms with E-state index in [2.05, 4.69) is 42.5 Å². The number of nitrogens with one attached hydrogen (secondary N) is 1. The smallest absolute Gasteiger partial charge is 0.205 e. The van der Waals surface area contributed by atoms with Crippen LogP contribution in [-0.2, 0) is 5.41 Å². The molecule has 0 saturated heterocycles. The fourth-order valence-corrected chi connectivity index (χ4v) is 1.99. The van der Waals surface area contributed by atoms with E-state index in [0.29, 0.717) is 0 Å². The van der Waals surface area contributed by atoms with Crippen molar-refractivity contribution in [2.24, 2.45) is 0 Å². The molecule has 0 bridgehead atoms. The highest BCUT2D eigenvalue weighted by Gasteiger charge is 2.18. The maximum atomic E-state index is 4.17. The second-order valence-electron chi connectivity index (χ2n) is 4.08. The fraction of sp³-hybridized carbons (Fsp3) is 0.778. The average molecular weight is 231 g/mol. The molecule has 0 atom stereocenters. The van der Waals surface area contributed by atoms with Gasteiger partial charge in [-0.25, -0.2) is 0 Å². The lowest BCUT2D eigenvalue weighted by Crippen LogP contribution is -2.10. The average Bonchev–Trinajstić information content (AvgIpc) is 2.52. The molecular weight excluding hydrogens is 214 g/mol. The van der Waals surface area contributed by atoms with Crippen LogP contribution in [0.4, 0.5) is 5.13 Å². The van der Waals surface area contributed by atoms with Gasteiger partial charge in [0, 0.05) is 17.7 Å². The van der Waals surface area contributed by atoms with E-state index in [9.17, 15) is 0 Å². The van der Waals surface area contributed by atoms with Gasteiger partial charge in [0.05, 0.1) is 0 Å². The zero-order chi connectivity index (χ0) is 10.6. The zero-order valence-corrected chi connectivity index (χ0v) is 10.8. The van der Waals surface area contributed by atoms with Crippen LogP contribution >= 0.6 is 23.1 Å². The maximum Gasteiger partial charge on any atom is 0.205 e. The zero-order valence-electron chi connectivity index (χ0n) is 9.13. The van der Waals surface area contributed by atoms with Gasteiger partial charge in [-0.15, -0.1) is 10.2 Å². The first-order valence-corrected chi connectivity index (χ1v) is 6.82. The van der Waals surface area contributed by atoms with Crippen LogP contribution in [-0.4, -0.2) is 28.8 Å². The molecule has 0 saturated carbocycles. The van der Waals surface area contributed by atoms with Gasteiger partial charge in [0.1, 0.15) is 5.01 Å². The molecule has 0 aliphatic carbocycles. The van der Waals surface area contributed by atoms with Crippen molar-refractivity contribution >= 4 is 28.2 Å². The first-order valence-electron chi connectivity index (χ1n) is 4.61. The Morgan fingerprint density at radius 1 is 1.36 bits per heavy atom. The number of hydrogen-bond acceptors (Lipinski definition) is 5. The normalized spacial score (nSPS) is 11.7. The van der Waals surface area contributed by atoms with E-state index >= 15 is 0 Å². The molecular formula is C9H17N3S2. The Hall–Kier alpha value is -0.290. The monoisotopic (exact) mass is 231 g/mol. The molecule has 0 radical (unpaired) electrons.